The number of hydrogen-bond donors (Lipinski definition) is 1. The van der Waals surface area contributed by atoms with Gasteiger partial charge in [-0.25, -0.2) is 9.97 Å². The average molecular weight is 298 g/mol. The second-order valence-corrected chi connectivity index (χ2v) is 5.46. The van der Waals surface area contributed by atoms with Crippen LogP contribution in [0.1, 0.15) is 0 Å². The number of hydrogen-bond acceptors (Lipinski definition) is 5. The summed E-state index contributed by atoms with van der Waals surface area (Å²) in [4.78, 5) is 21.2. The largest absolute Gasteiger partial charge is 0.399 e. The van der Waals surface area contributed by atoms with Gasteiger partial charge >= 0.3 is 0 Å². The lowest BCUT2D eigenvalue weighted by molar-refractivity contribution is 0.861. The molecular formula is C15H14N4OS. The molecule has 2 aromatic heterocycles. The zero-order valence-corrected chi connectivity index (χ0v) is 12.5. The molecule has 0 fully saturated rings. The second kappa shape index (κ2) is 5.21. The van der Waals surface area contributed by atoms with Crippen LogP contribution in [0.4, 0.5) is 5.69 Å². The third kappa shape index (κ3) is 2.38. The first-order chi connectivity index (χ1) is 10.1. The van der Waals surface area contributed by atoms with E-state index in [4.69, 9.17) is 5.73 Å². The Hall–Kier alpha value is -2.34. The van der Waals surface area contributed by atoms with Gasteiger partial charge in [0.1, 0.15) is 5.65 Å². The van der Waals surface area contributed by atoms with Gasteiger partial charge in [-0.2, -0.15) is 0 Å². The fourth-order valence-electron chi connectivity index (χ4n) is 2.24. The van der Waals surface area contributed by atoms with Gasteiger partial charge in [-0.05, 0) is 30.0 Å². The molecule has 21 heavy (non-hydrogen) atoms. The number of benzene rings is 1. The van der Waals surface area contributed by atoms with E-state index in [2.05, 4.69) is 9.97 Å². The molecule has 0 aliphatic heterocycles. The number of aryl methyl sites for hydroxylation is 1. The lowest BCUT2D eigenvalue weighted by Gasteiger charge is -2.09. The normalized spacial score (nSPS) is 11.0. The first kappa shape index (κ1) is 13.6. The average Bonchev–Trinajstić information content (AvgIpc) is 2.50. The fraction of sp³-hybridized carbons (Fsp3) is 0.133. The molecule has 2 heterocycles. The summed E-state index contributed by atoms with van der Waals surface area (Å²) >= 11 is 1.45. The van der Waals surface area contributed by atoms with Crippen molar-refractivity contribution in [3.05, 3.63) is 46.9 Å². The highest BCUT2D eigenvalue weighted by Crippen LogP contribution is 2.22. The van der Waals surface area contributed by atoms with E-state index in [-0.39, 0.29) is 5.56 Å². The van der Waals surface area contributed by atoms with Crippen LogP contribution in [0.15, 0.2) is 46.5 Å². The van der Waals surface area contributed by atoms with Crippen molar-refractivity contribution >= 4 is 28.5 Å². The minimum Gasteiger partial charge on any atom is -0.399 e. The summed E-state index contributed by atoms with van der Waals surface area (Å²) in [6, 6.07) is 9.11. The van der Waals surface area contributed by atoms with Gasteiger partial charge in [-0.3, -0.25) is 9.36 Å². The van der Waals surface area contributed by atoms with Crippen molar-refractivity contribution in [2.24, 2.45) is 7.05 Å². The van der Waals surface area contributed by atoms with Crippen molar-refractivity contribution in [1.82, 2.24) is 14.5 Å². The molecule has 0 bridgehead atoms. The summed E-state index contributed by atoms with van der Waals surface area (Å²) in [5, 5.41) is 1.47. The van der Waals surface area contributed by atoms with E-state index in [1.807, 2.05) is 24.5 Å². The van der Waals surface area contributed by atoms with Crippen LogP contribution in [0.2, 0.25) is 0 Å². The molecule has 3 aromatic rings. The molecule has 2 N–H and O–H groups in total. The minimum absolute atomic E-state index is 0.0983. The zero-order valence-electron chi connectivity index (χ0n) is 11.7. The Morgan fingerprint density at radius 2 is 2.10 bits per heavy atom. The first-order valence-corrected chi connectivity index (χ1v) is 7.59. The SMILES string of the molecule is CSc1ncc2cc(-c3cccc(N)c3)c(=O)n(C)c2n1. The van der Waals surface area contributed by atoms with E-state index in [9.17, 15) is 4.79 Å². The summed E-state index contributed by atoms with van der Waals surface area (Å²) in [5.74, 6) is 0. The standard InChI is InChI=1S/C15H14N4OS/c1-19-13-10(8-17-15(18-13)21-2)7-12(14(19)20)9-4-3-5-11(16)6-9/h3-8H,16H2,1-2H3. The molecule has 0 saturated heterocycles. The molecule has 0 aliphatic rings. The second-order valence-electron chi connectivity index (χ2n) is 4.68. The number of thioether (sulfide) groups is 1. The van der Waals surface area contributed by atoms with Crippen LogP contribution in [0, 0.1) is 0 Å². The Labute approximate surface area is 125 Å². The molecule has 0 spiro atoms. The number of fused-ring (bicyclic) bond motifs is 1. The van der Waals surface area contributed by atoms with Crippen molar-refractivity contribution in [3.63, 3.8) is 0 Å². The number of anilines is 1. The monoisotopic (exact) mass is 298 g/mol. The Bertz CT molecular complexity index is 888. The molecule has 106 valence electrons. The smallest absolute Gasteiger partial charge is 0.259 e. The predicted octanol–water partition coefficient (Wildman–Crippen LogP) is 2.30. The van der Waals surface area contributed by atoms with E-state index >= 15 is 0 Å². The van der Waals surface area contributed by atoms with Gasteiger partial charge in [0.2, 0.25) is 0 Å². The lowest BCUT2D eigenvalue weighted by Crippen LogP contribution is -2.20. The van der Waals surface area contributed by atoms with Gasteiger partial charge < -0.3 is 5.73 Å². The van der Waals surface area contributed by atoms with Gasteiger partial charge in [0.05, 0.1) is 0 Å². The van der Waals surface area contributed by atoms with E-state index in [1.54, 1.807) is 29.9 Å². The molecule has 0 radical (unpaired) electrons. The Morgan fingerprint density at radius 1 is 1.29 bits per heavy atom. The molecule has 1 aromatic carbocycles. The van der Waals surface area contributed by atoms with E-state index in [0.717, 1.165) is 10.9 Å². The van der Waals surface area contributed by atoms with Gasteiger partial charge in [0.25, 0.3) is 5.56 Å². The van der Waals surface area contributed by atoms with Gasteiger partial charge in [0, 0.05) is 29.9 Å². The Balaban J connectivity index is 2.31. The quantitative estimate of drug-likeness (QED) is 0.446. The maximum atomic E-state index is 12.5. The van der Waals surface area contributed by atoms with E-state index in [1.165, 1.54) is 11.8 Å². The highest BCUT2D eigenvalue weighted by molar-refractivity contribution is 7.98. The zero-order chi connectivity index (χ0) is 15.0. The van der Waals surface area contributed by atoms with Crippen molar-refractivity contribution in [2.75, 3.05) is 12.0 Å². The van der Waals surface area contributed by atoms with Crippen molar-refractivity contribution < 1.29 is 0 Å². The maximum absolute atomic E-state index is 12.5. The van der Waals surface area contributed by atoms with Crippen LogP contribution in [0.5, 0.6) is 0 Å². The topological polar surface area (TPSA) is 73.8 Å². The molecule has 6 heteroatoms. The molecule has 0 unspecified atom stereocenters. The van der Waals surface area contributed by atoms with Gasteiger partial charge in [0.15, 0.2) is 5.16 Å². The molecule has 0 aliphatic carbocycles. The summed E-state index contributed by atoms with van der Waals surface area (Å²) < 4.78 is 1.55. The molecule has 0 amide bonds. The summed E-state index contributed by atoms with van der Waals surface area (Å²) in [6.45, 7) is 0. The number of rotatable bonds is 2. The van der Waals surface area contributed by atoms with Crippen LogP contribution >= 0.6 is 11.8 Å². The number of pyridine rings is 1. The molecular weight excluding hydrogens is 284 g/mol. The number of nitrogens with zero attached hydrogens (tertiary/aromatic N) is 3. The van der Waals surface area contributed by atoms with Gasteiger partial charge in [-0.1, -0.05) is 23.9 Å². The molecule has 3 rings (SSSR count). The minimum atomic E-state index is -0.0983. The van der Waals surface area contributed by atoms with Crippen molar-refractivity contribution in [2.45, 2.75) is 5.16 Å². The number of nitrogen functional groups attached to an aromatic ring is 1. The maximum Gasteiger partial charge on any atom is 0.259 e. The highest BCUT2D eigenvalue weighted by Gasteiger charge is 2.11. The Kier molecular flexibility index (Phi) is 3.39. The fourth-order valence-corrected chi connectivity index (χ4v) is 2.58. The van der Waals surface area contributed by atoms with Crippen LogP contribution in [0.3, 0.4) is 0 Å². The van der Waals surface area contributed by atoms with Crippen molar-refractivity contribution in [3.8, 4) is 11.1 Å². The van der Waals surface area contributed by atoms with Crippen LogP contribution in [-0.2, 0) is 7.05 Å². The third-order valence-electron chi connectivity index (χ3n) is 3.31. The first-order valence-electron chi connectivity index (χ1n) is 6.37. The molecule has 0 atom stereocenters. The summed E-state index contributed by atoms with van der Waals surface area (Å²) in [7, 11) is 1.72. The van der Waals surface area contributed by atoms with E-state index < -0.39 is 0 Å². The highest BCUT2D eigenvalue weighted by atomic mass is 32.2. The third-order valence-corrected chi connectivity index (χ3v) is 3.87. The molecule has 5 nitrogen and oxygen atoms in total. The lowest BCUT2D eigenvalue weighted by atomic mass is 10.1. The molecule has 0 saturated carbocycles. The summed E-state index contributed by atoms with van der Waals surface area (Å²) in [6.07, 6.45) is 3.64. The number of aromatic nitrogens is 3. The van der Waals surface area contributed by atoms with E-state index in [0.29, 0.717) is 22.1 Å². The predicted molar refractivity (Wildman–Crippen MR) is 86.4 cm³/mol. The number of nitrogens with two attached hydrogens (primary N) is 1. The van der Waals surface area contributed by atoms with Gasteiger partial charge in [-0.15, -0.1) is 0 Å². The summed E-state index contributed by atoms with van der Waals surface area (Å²) in [5.41, 5.74) is 8.35. The van der Waals surface area contributed by atoms with Crippen LogP contribution in [-0.4, -0.2) is 20.8 Å². The van der Waals surface area contributed by atoms with Crippen LogP contribution in [0.25, 0.3) is 22.2 Å². The van der Waals surface area contributed by atoms with Crippen LogP contribution < -0.4 is 11.3 Å². The van der Waals surface area contributed by atoms with Crippen molar-refractivity contribution in [1.29, 1.82) is 0 Å². The Morgan fingerprint density at radius 3 is 2.81 bits per heavy atom.